The monoisotopic (exact) mass is 516 g/mol. The first-order valence-corrected chi connectivity index (χ1v) is 12.4. The molecule has 7 nitrogen and oxygen atoms in total. The number of thiocarbonyl (C=S) groups is 1. The number of hydrogen-bond acceptors (Lipinski definition) is 8. The molecule has 2 aliphatic heterocycles. The van der Waals surface area contributed by atoms with E-state index >= 15 is 0 Å². The Bertz CT molecular complexity index is 1270. The summed E-state index contributed by atoms with van der Waals surface area (Å²) in [7, 11) is 0. The van der Waals surface area contributed by atoms with E-state index in [4.69, 9.17) is 12.2 Å². The van der Waals surface area contributed by atoms with E-state index in [9.17, 15) is 14.7 Å². The fourth-order valence-corrected chi connectivity index (χ4v) is 6.21. The van der Waals surface area contributed by atoms with Gasteiger partial charge >= 0.3 is 29.6 Å². The zero-order valence-corrected chi connectivity index (χ0v) is 22.6. The Labute approximate surface area is 232 Å². The molecule has 0 unspecified atom stereocenters. The molecule has 1 fully saturated rings. The number of amides is 2. The van der Waals surface area contributed by atoms with Crippen LogP contribution in [0.15, 0.2) is 66.4 Å². The van der Waals surface area contributed by atoms with Gasteiger partial charge in [-0.3, -0.25) is 14.5 Å². The van der Waals surface area contributed by atoms with Crippen molar-refractivity contribution in [3.05, 3.63) is 76.9 Å². The van der Waals surface area contributed by atoms with Crippen LogP contribution >= 0.6 is 35.5 Å². The van der Waals surface area contributed by atoms with Crippen molar-refractivity contribution in [3.63, 3.8) is 0 Å². The minimum atomic E-state index is -0.689. The van der Waals surface area contributed by atoms with Gasteiger partial charge in [0.1, 0.15) is 16.4 Å². The molecule has 0 aliphatic carbocycles. The fourth-order valence-electron chi connectivity index (χ4n) is 3.83. The van der Waals surface area contributed by atoms with Gasteiger partial charge in [-0.2, -0.15) is 4.37 Å². The van der Waals surface area contributed by atoms with Crippen LogP contribution in [0.1, 0.15) is 10.6 Å². The molecule has 5 rings (SSSR count). The number of benzene rings is 2. The summed E-state index contributed by atoms with van der Waals surface area (Å²) in [6.45, 7) is 0. The Morgan fingerprint density at radius 3 is 2.50 bits per heavy atom. The number of hydrogen-bond donors (Lipinski definition) is 1. The molecule has 2 amide bonds. The normalized spacial score (nSPS) is 19.1. The molecule has 1 N–H and O–H groups in total. The number of β-lactam (4-membered cyclic amide) rings is 1. The maximum atomic E-state index is 12.9. The van der Waals surface area contributed by atoms with Gasteiger partial charge in [-0.1, -0.05) is 72.9 Å². The second-order valence-electron chi connectivity index (χ2n) is 7.52. The summed E-state index contributed by atoms with van der Waals surface area (Å²) < 4.78 is 4.41. The average Bonchev–Trinajstić information content (AvgIpc) is 3.33. The van der Waals surface area contributed by atoms with Gasteiger partial charge in [0.25, 0.3) is 5.91 Å². The number of thioether (sulfide) groups is 1. The van der Waals surface area contributed by atoms with Gasteiger partial charge in [0.2, 0.25) is 5.91 Å². The first kappa shape index (κ1) is 25.0. The predicted octanol–water partition coefficient (Wildman–Crippen LogP) is -0.749. The third-order valence-corrected chi connectivity index (χ3v) is 7.65. The minimum Gasteiger partial charge on any atom is -0.863 e. The number of carbonyl (C=O) groups is 2. The van der Waals surface area contributed by atoms with Crippen molar-refractivity contribution in [2.24, 2.45) is 0 Å². The zero-order valence-electron chi connectivity index (χ0n) is 18.1. The molecule has 0 bridgehead atoms. The topological polar surface area (TPSA) is 98.2 Å². The molecule has 0 radical (unpaired) electrons. The van der Waals surface area contributed by atoms with Crippen molar-refractivity contribution < 1.29 is 44.3 Å². The minimum absolute atomic E-state index is 0. The van der Waals surface area contributed by atoms with Crippen LogP contribution in [0.5, 0.6) is 0 Å². The van der Waals surface area contributed by atoms with Crippen LogP contribution in [0.3, 0.4) is 0 Å². The van der Waals surface area contributed by atoms with Crippen molar-refractivity contribution >= 4 is 58.0 Å². The standard InChI is InChI=1S/C23H18N4O3S3.Na/c28-16(11-13-7-3-1-4-8-13)24-17-21(29)27-18(23(30)31)15(12-32-22(17)27)20-25-19(26-33-20)14-9-5-2-6-10-14;/h1-10,17,22H,11-12H2,(H,24,28)(H,30,31);/q;+1/p-1/t17-,22-;/m1./s1. The van der Waals surface area contributed by atoms with E-state index in [1.165, 1.54) is 28.2 Å². The van der Waals surface area contributed by atoms with E-state index in [-0.39, 0.29) is 58.9 Å². The Balaban J connectivity index is 0.00000274. The van der Waals surface area contributed by atoms with Crippen LogP contribution in [0.4, 0.5) is 0 Å². The largest absolute Gasteiger partial charge is 1.00 e. The number of rotatable bonds is 6. The Morgan fingerprint density at radius 1 is 1.15 bits per heavy atom. The Kier molecular flexibility index (Phi) is 7.86. The summed E-state index contributed by atoms with van der Waals surface area (Å²) in [6, 6.07) is 18.2. The summed E-state index contributed by atoms with van der Waals surface area (Å²) in [5, 5.41) is 14.8. The van der Waals surface area contributed by atoms with Crippen molar-refractivity contribution in [2.75, 3.05) is 5.75 Å². The van der Waals surface area contributed by atoms with Crippen LogP contribution < -0.4 is 40.0 Å². The van der Waals surface area contributed by atoms with E-state index in [1.807, 2.05) is 60.7 Å². The molecule has 2 aliphatic rings. The SMILES string of the molecule is O=C(Cc1ccccc1)N[C@@H]1C(=O)N2C(C([O-])=S)=C(c3nc(-c4ccccc4)ns3)CS[C@H]12.[Na+]. The molecular formula is C23H17N4NaO3S3. The molecule has 166 valence electrons. The first-order chi connectivity index (χ1) is 16.0. The van der Waals surface area contributed by atoms with E-state index in [0.29, 0.717) is 22.2 Å². The molecule has 1 aromatic heterocycles. The van der Waals surface area contributed by atoms with Crippen molar-refractivity contribution in [3.8, 4) is 11.4 Å². The van der Waals surface area contributed by atoms with Crippen LogP contribution in [0.2, 0.25) is 0 Å². The van der Waals surface area contributed by atoms with Crippen molar-refractivity contribution in [1.29, 1.82) is 0 Å². The number of nitrogens with one attached hydrogen (secondary N) is 1. The molecule has 11 heteroatoms. The molecule has 0 spiro atoms. The van der Waals surface area contributed by atoms with E-state index in [2.05, 4.69) is 14.7 Å². The van der Waals surface area contributed by atoms with Gasteiger partial charge in [0, 0.05) is 16.9 Å². The van der Waals surface area contributed by atoms with Gasteiger partial charge < -0.3 is 10.4 Å². The van der Waals surface area contributed by atoms with Crippen LogP contribution in [0, 0.1) is 0 Å². The summed E-state index contributed by atoms with van der Waals surface area (Å²) in [5.41, 5.74) is 2.51. The van der Waals surface area contributed by atoms with E-state index in [1.54, 1.807) is 0 Å². The molecule has 2 atom stereocenters. The quantitative estimate of drug-likeness (QED) is 0.262. The number of nitrogens with zero attached hydrogens (tertiary/aromatic N) is 3. The van der Waals surface area contributed by atoms with Gasteiger partial charge in [-0.15, -0.1) is 11.8 Å². The zero-order chi connectivity index (χ0) is 22.9. The number of aromatic nitrogens is 2. The van der Waals surface area contributed by atoms with Gasteiger partial charge in [-0.25, -0.2) is 4.98 Å². The summed E-state index contributed by atoms with van der Waals surface area (Å²) in [4.78, 5) is 31.4. The van der Waals surface area contributed by atoms with Gasteiger partial charge in [0.05, 0.1) is 12.1 Å². The van der Waals surface area contributed by atoms with Gasteiger partial charge in [-0.05, 0) is 22.1 Å². The van der Waals surface area contributed by atoms with Crippen molar-refractivity contribution in [1.82, 2.24) is 19.6 Å². The first-order valence-electron chi connectivity index (χ1n) is 10.1. The summed E-state index contributed by atoms with van der Waals surface area (Å²) >= 11 is 7.63. The molecular weight excluding hydrogens is 499 g/mol. The smallest absolute Gasteiger partial charge is 0.863 e. The third-order valence-electron chi connectivity index (χ3n) is 5.40. The van der Waals surface area contributed by atoms with Crippen LogP contribution in [0.25, 0.3) is 17.0 Å². The van der Waals surface area contributed by atoms with Crippen molar-refractivity contribution in [2.45, 2.75) is 17.8 Å². The second kappa shape index (κ2) is 10.7. The molecule has 1 saturated heterocycles. The summed E-state index contributed by atoms with van der Waals surface area (Å²) in [6.07, 6.45) is 0.184. The second-order valence-corrected chi connectivity index (χ2v) is 9.75. The molecule has 34 heavy (non-hydrogen) atoms. The third kappa shape index (κ3) is 4.84. The summed E-state index contributed by atoms with van der Waals surface area (Å²) in [5.74, 6) is 0.428. The molecule has 3 aromatic rings. The fraction of sp³-hybridized carbons (Fsp3) is 0.174. The maximum Gasteiger partial charge on any atom is 1.00 e. The van der Waals surface area contributed by atoms with E-state index in [0.717, 1.165) is 11.1 Å². The molecule has 3 heterocycles. The average molecular weight is 517 g/mol. The number of fused-ring (bicyclic) bond motifs is 1. The Morgan fingerprint density at radius 2 is 1.82 bits per heavy atom. The Hall–Kier alpha value is -2.08. The molecule has 2 aromatic carbocycles. The maximum absolute atomic E-state index is 12.9. The van der Waals surface area contributed by atoms with Gasteiger partial charge in [0.15, 0.2) is 5.82 Å². The predicted molar refractivity (Wildman–Crippen MR) is 130 cm³/mol. The number of carbonyl (C=O) groups excluding carboxylic acids is 2. The van der Waals surface area contributed by atoms with E-state index < -0.39 is 11.1 Å². The molecule has 0 saturated carbocycles. The van der Waals surface area contributed by atoms with Crippen LogP contribution in [-0.4, -0.2) is 48.3 Å². The van der Waals surface area contributed by atoms with Crippen LogP contribution in [-0.2, 0) is 16.0 Å².